The largest absolute Gasteiger partial charge is 0.478 e. The number of sulfonamides is 1. The van der Waals surface area contributed by atoms with E-state index in [1.54, 1.807) is 25.1 Å². The molecular weight excluding hydrogens is 290 g/mol. The Labute approximate surface area is 124 Å². The Morgan fingerprint density at radius 3 is 2.52 bits per heavy atom. The Bertz CT molecular complexity index is 658. The van der Waals surface area contributed by atoms with E-state index in [0.29, 0.717) is 24.2 Å². The summed E-state index contributed by atoms with van der Waals surface area (Å²) in [5.41, 5.74) is 1.24. The molecule has 1 aliphatic heterocycles. The molecule has 1 N–H and O–H groups in total. The first kappa shape index (κ1) is 15.7. The number of benzene rings is 1. The van der Waals surface area contributed by atoms with E-state index >= 15 is 0 Å². The zero-order valence-electron chi connectivity index (χ0n) is 11.9. The van der Waals surface area contributed by atoms with Gasteiger partial charge in [-0.2, -0.15) is 4.31 Å². The van der Waals surface area contributed by atoms with E-state index in [1.807, 2.05) is 0 Å². The fourth-order valence-corrected chi connectivity index (χ4v) is 4.19. The number of carbonyl (C=O) groups is 1. The van der Waals surface area contributed by atoms with Gasteiger partial charge in [0, 0.05) is 19.2 Å². The fourth-order valence-electron chi connectivity index (χ4n) is 2.41. The van der Waals surface area contributed by atoms with Crippen molar-refractivity contribution in [1.82, 2.24) is 4.31 Å². The third-order valence-electron chi connectivity index (χ3n) is 3.56. The van der Waals surface area contributed by atoms with Gasteiger partial charge in [0.15, 0.2) is 0 Å². The van der Waals surface area contributed by atoms with Crippen LogP contribution in [-0.4, -0.2) is 36.9 Å². The SMILES string of the molecule is Cc1ccc(C=CC(=O)O)cc1S(=O)(=O)N1CCCCC1. The molecule has 0 saturated carbocycles. The number of aliphatic carboxylic acids is 1. The summed E-state index contributed by atoms with van der Waals surface area (Å²) in [6, 6.07) is 4.96. The third kappa shape index (κ3) is 3.71. The number of carboxylic acids is 1. The minimum Gasteiger partial charge on any atom is -0.478 e. The Morgan fingerprint density at radius 2 is 1.90 bits per heavy atom. The molecule has 21 heavy (non-hydrogen) atoms. The van der Waals surface area contributed by atoms with Crippen LogP contribution in [0.1, 0.15) is 30.4 Å². The van der Waals surface area contributed by atoms with Gasteiger partial charge in [-0.1, -0.05) is 18.6 Å². The van der Waals surface area contributed by atoms with Crippen LogP contribution in [0.25, 0.3) is 6.08 Å². The lowest BCUT2D eigenvalue weighted by atomic mass is 10.1. The first-order chi connectivity index (χ1) is 9.91. The molecule has 0 aromatic heterocycles. The van der Waals surface area contributed by atoms with Crippen LogP contribution in [0.15, 0.2) is 29.2 Å². The van der Waals surface area contributed by atoms with Gasteiger partial charge >= 0.3 is 5.97 Å². The molecule has 0 bridgehead atoms. The highest BCUT2D eigenvalue weighted by atomic mass is 32.2. The van der Waals surface area contributed by atoms with Crippen molar-refractivity contribution in [1.29, 1.82) is 0 Å². The first-order valence-corrected chi connectivity index (χ1v) is 8.37. The maximum Gasteiger partial charge on any atom is 0.328 e. The molecule has 1 aromatic rings. The number of nitrogens with zero attached hydrogens (tertiary/aromatic N) is 1. The molecule has 1 fully saturated rings. The van der Waals surface area contributed by atoms with E-state index in [0.717, 1.165) is 25.3 Å². The summed E-state index contributed by atoms with van der Waals surface area (Å²) in [7, 11) is -3.50. The highest BCUT2D eigenvalue weighted by molar-refractivity contribution is 7.89. The molecule has 5 nitrogen and oxygen atoms in total. The van der Waals surface area contributed by atoms with Crippen molar-refractivity contribution in [3.05, 3.63) is 35.4 Å². The highest BCUT2D eigenvalue weighted by Crippen LogP contribution is 2.24. The van der Waals surface area contributed by atoms with E-state index in [-0.39, 0.29) is 4.90 Å². The monoisotopic (exact) mass is 309 g/mol. The minimum absolute atomic E-state index is 0.261. The average Bonchev–Trinajstić information content (AvgIpc) is 2.47. The quantitative estimate of drug-likeness (QED) is 0.866. The maximum atomic E-state index is 12.7. The zero-order chi connectivity index (χ0) is 15.5. The summed E-state index contributed by atoms with van der Waals surface area (Å²) < 4.78 is 26.9. The first-order valence-electron chi connectivity index (χ1n) is 6.93. The van der Waals surface area contributed by atoms with Crippen LogP contribution in [0.5, 0.6) is 0 Å². The Hall–Kier alpha value is -1.66. The molecule has 0 radical (unpaired) electrons. The standard InChI is InChI=1S/C15H19NO4S/c1-12-5-6-13(7-8-15(17)18)11-14(12)21(19,20)16-9-3-2-4-10-16/h5-8,11H,2-4,9-10H2,1H3,(H,17,18). The van der Waals surface area contributed by atoms with Gasteiger partial charge in [-0.05, 0) is 43.0 Å². The van der Waals surface area contributed by atoms with E-state index in [1.165, 1.54) is 10.4 Å². The van der Waals surface area contributed by atoms with Gasteiger partial charge in [-0.3, -0.25) is 0 Å². The van der Waals surface area contributed by atoms with E-state index < -0.39 is 16.0 Å². The number of carboxylic acid groups (broad SMARTS) is 1. The lowest BCUT2D eigenvalue weighted by molar-refractivity contribution is -0.131. The second-order valence-corrected chi connectivity index (χ2v) is 7.07. The molecule has 0 amide bonds. The maximum absolute atomic E-state index is 12.7. The normalized spacial score (nSPS) is 17.2. The number of aryl methyl sites for hydroxylation is 1. The summed E-state index contributed by atoms with van der Waals surface area (Å²) >= 11 is 0. The summed E-state index contributed by atoms with van der Waals surface area (Å²) in [5.74, 6) is -1.06. The van der Waals surface area contributed by atoms with Crippen LogP contribution in [0, 0.1) is 6.92 Å². The molecule has 0 spiro atoms. The second kappa shape index (κ2) is 6.41. The third-order valence-corrected chi connectivity index (χ3v) is 5.60. The van der Waals surface area contributed by atoms with Gasteiger partial charge in [0.05, 0.1) is 4.90 Å². The molecule has 0 unspecified atom stereocenters. The Morgan fingerprint density at radius 1 is 1.24 bits per heavy atom. The fraction of sp³-hybridized carbons (Fsp3) is 0.400. The molecule has 1 heterocycles. The molecule has 0 atom stereocenters. The van der Waals surface area contributed by atoms with Crippen molar-refractivity contribution < 1.29 is 18.3 Å². The molecular formula is C15H19NO4S. The minimum atomic E-state index is -3.50. The smallest absolute Gasteiger partial charge is 0.328 e. The highest BCUT2D eigenvalue weighted by Gasteiger charge is 2.27. The van der Waals surface area contributed by atoms with Gasteiger partial charge < -0.3 is 5.11 Å². The van der Waals surface area contributed by atoms with Crippen LogP contribution in [-0.2, 0) is 14.8 Å². The number of piperidine rings is 1. The molecule has 2 rings (SSSR count). The average molecular weight is 309 g/mol. The molecule has 1 saturated heterocycles. The van der Waals surface area contributed by atoms with Crippen molar-refractivity contribution >= 4 is 22.1 Å². The predicted octanol–water partition coefficient (Wildman–Crippen LogP) is 2.27. The van der Waals surface area contributed by atoms with Gasteiger partial charge in [0.25, 0.3) is 0 Å². The Kier molecular flexibility index (Phi) is 4.80. The molecule has 1 aliphatic rings. The van der Waals surface area contributed by atoms with E-state index in [2.05, 4.69) is 0 Å². The number of rotatable bonds is 4. The second-order valence-electron chi connectivity index (χ2n) is 5.16. The van der Waals surface area contributed by atoms with Crippen LogP contribution >= 0.6 is 0 Å². The molecule has 114 valence electrons. The van der Waals surface area contributed by atoms with Crippen molar-refractivity contribution in [2.45, 2.75) is 31.1 Å². The summed E-state index contributed by atoms with van der Waals surface area (Å²) in [6.45, 7) is 2.86. The van der Waals surface area contributed by atoms with Crippen molar-refractivity contribution in [3.8, 4) is 0 Å². The Balaban J connectivity index is 2.37. The summed E-state index contributed by atoms with van der Waals surface area (Å²) in [6.07, 6.45) is 5.24. The topological polar surface area (TPSA) is 74.7 Å². The van der Waals surface area contributed by atoms with Gasteiger partial charge in [-0.25, -0.2) is 13.2 Å². The van der Waals surface area contributed by atoms with Crippen LogP contribution in [0.2, 0.25) is 0 Å². The van der Waals surface area contributed by atoms with Crippen molar-refractivity contribution in [2.75, 3.05) is 13.1 Å². The molecule has 6 heteroatoms. The van der Waals surface area contributed by atoms with Gasteiger partial charge in [0.2, 0.25) is 10.0 Å². The van der Waals surface area contributed by atoms with E-state index in [4.69, 9.17) is 5.11 Å². The summed E-state index contributed by atoms with van der Waals surface area (Å²) in [4.78, 5) is 10.8. The lowest BCUT2D eigenvalue weighted by Crippen LogP contribution is -2.35. The number of hydrogen-bond acceptors (Lipinski definition) is 3. The number of hydrogen-bond donors (Lipinski definition) is 1. The lowest BCUT2D eigenvalue weighted by Gasteiger charge is -2.26. The zero-order valence-corrected chi connectivity index (χ0v) is 12.8. The van der Waals surface area contributed by atoms with Crippen LogP contribution in [0.3, 0.4) is 0 Å². The molecule has 1 aromatic carbocycles. The van der Waals surface area contributed by atoms with Gasteiger partial charge in [-0.15, -0.1) is 0 Å². The summed E-state index contributed by atoms with van der Waals surface area (Å²) in [5, 5.41) is 8.65. The van der Waals surface area contributed by atoms with Crippen LogP contribution in [0.4, 0.5) is 0 Å². The molecule has 0 aliphatic carbocycles. The van der Waals surface area contributed by atoms with E-state index in [9.17, 15) is 13.2 Å². The van der Waals surface area contributed by atoms with Crippen molar-refractivity contribution in [3.63, 3.8) is 0 Å². The predicted molar refractivity (Wildman–Crippen MR) is 80.5 cm³/mol. The van der Waals surface area contributed by atoms with Crippen LogP contribution < -0.4 is 0 Å². The van der Waals surface area contributed by atoms with Gasteiger partial charge in [0.1, 0.15) is 0 Å². The van der Waals surface area contributed by atoms with Crippen molar-refractivity contribution in [2.24, 2.45) is 0 Å².